The van der Waals surface area contributed by atoms with E-state index in [1.165, 1.54) is 0 Å². The molecule has 0 amide bonds. The van der Waals surface area contributed by atoms with Gasteiger partial charge in [0.15, 0.2) is 0 Å². The van der Waals surface area contributed by atoms with Crippen molar-refractivity contribution in [3.8, 4) is 0 Å². The van der Waals surface area contributed by atoms with Crippen molar-refractivity contribution in [2.24, 2.45) is 0 Å². The molecule has 0 aliphatic carbocycles. The van der Waals surface area contributed by atoms with Crippen LogP contribution in [0.4, 0.5) is 0 Å². The van der Waals surface area contributed by atoms with E-state index < -0.39 is 24.6 Å². The molecule has 1 rings (SSSR count). The Morgan fingerprint density at radius 1 is 1.58 bits per heavy atom. The Labute approximate surface area is 70.5 Å². The highest BCUT2D eigenvalue weighted by Gasteiger charge is 2.59. The van der Waals surface area contributed by atoms with Gasteiger partial charge in [-0.25, -0.2) is 0 Å². The van der Waals surface area contributed by atoms with Crippen molar-refractivity contribution in [3.05, 3.63) is 0 Å². The minimum Gasteiger partial charge on any atom is -0.394 e. The molecule has 5 nitrogen and oxygen atoms in total. The summed E-state index contributed by atoms with van der Waals surface area (Å²) in [7, 11) is 0. The molecule has 1 heterocycles. The van der Waals surface area contributed by atoms with E-state index in [9.17, 15) is 5.11 Å². The molecule has 0 aromatic heterocycles. The van der Waals surface area contributed by atoms with Crippen LogP contribution in [0.15, 0.2) is 0 Å². The summed E-state index contributed by atoms with van der Waals surface area (Å²) < 4.78 is 9.85. The monoisotopic (exact) mass is 178 g/mol. The van der Waals surface area contributed by atoms with Gasteiger partial charge >= 0.3 is 0 Å². The second-order valence-electron chi connectivity index (χ2n) is 2.72. The molecule has 5 heteroatoms. The smallest absolute Gasteiger partial charge is 0.219 e. The lowest BCUT2D eigenvalue weighted by Gasteiger charge is -2.11. The first-order valence-electron chi connectivity index (χ1n) is 3.91. The summed E-state index contributed by atoms with van der Waals surface area (Å²) in [6.07, 6.45) is -1.15. The zero-order valence-electron chi connectivity index (χ0n) is 6.93. The fourth-order valence-corrected chi connectivity index (χ4v) is 1.13. The normalized spacial score (nSPS) is 36.5. The zero-order valence-corrected chi connectivity index (χ0v) is 6.93. The summed E-state index contributed by atoms with van der Waals surface area (Å²) in [5, 5.41) is 26.7. The van der Waals surface area contributed by atoms with E-state index in [1.54, 1.807) is 6.92 Å². The third kappa shape index (κ3) is 1.75. The third-order valence-corrected chi connectivity index (χ3v) is 1.84. The van der Waals surface area contributed by atoms with E-state index in [4.69, 9.17) is 19.7 Å². The molecule has 0 bridgehead atoms. The van der Waals surface area contributed by atoms with Gasteiger partial charge in [0, 0.05) is 6.61 Å². The van der Waals surface area contributed by atoms with E-state index in [0.717, 1.165) is 0 Å². The largest absolute Gasteiger partial charge is 0.394 e. The van der Waals surface area contributed by atoms with Crippen LogP contribution in [0.2, 0.25) is 0 Å². The van der Waals surface area contributed by atoms with E-state index in [-0.39, 0.29) is 6.61 Å². The van der Waals surface area contributed by atoms with Crippen LogP contribution in [0.25, 0.3) is 0 Å². The quantitative estimate of drug-likeness (QED) is 0.445. The Balaban J connectivity index is 2.38. The predicted octanol–water partition coefficient (Wildman–Crippen LogP) is -1.54. The highest BCUT2D eigenvalue weighted by Crippen LogP contribution is 2.36. The molecule has 0 aromatic rings. The van der Waals surface area contributed by atoms with Crippen molar-refractivity contribution < 1.29 is 24.8 Å². The Morgan fingerprint density at radius 2 is 2.25 bits per heavy atom. The average Bonchev–Trinajstić information content (AvgIpc) is 2.75. The molecule has 3 atom stereocenters. The van der Waals surface area contributed by atoms with E-state index in [1.807, 2.05) is 0 Å². The Kier molecular flexibility index (Phi) is 3.03. The van der Waals surface area contributed by atoms with Gasteiger partial charge in [0.2, 0.25) is 5.79 Å². The minimum atomic E-state index is -1.50. The van der Waals surface area contributed by atoms with Crippen LogP contribution < -0.4 is 0 Å². The lowest BCUT2D eigenvalue weighted by atomic mass is 10.2. The highest BCUT2D eigenvalue weighted by atomic mass is 16.8. The summed E-state index contributed by atoms with van der Waals surface area (Å²) in [5.41, 5.74) is 0. The van der Waals surface area contributed by atoms with Crippen LogP contribution in [0.1, 0.15) is 6.92 Å². The molecule has 1 aliphatic rings. The van der Waals surface area contributed by atoms with Gasteiger partial charge in [-0.3, -0.25) is 0 Å². The first-order valence-corrected chi connectivity index (χ1v) is 3.91. The van der Waals surface area contributed by atoms with Crippen LogP contribution in [-0.2, 0) is 9.47 Å². The van der Waals surface area contributed by atoms with Crippen molar-refractivity contribution in [1.82, 2.24) is 0 Å². The van der Waals surface area contributed by atoms with Crippen molar-refractivity contribution in [2.75, 3.05) is 19.8 Å². The third-order valence-electron chi connectivity index (χ3n) is 1.84. The summed E-state index contributed by atoms with van der Waals surface area (Å²) in [4.78, 5) is 0. The van der Waals surface area contributed by atoms with Crippen LogP contribution in [0, 0.1) is 0 Å². The number of aliphatic hydroxyl groups is 3. The number of epoxide rings is 1. The molecule has 1 fully saturated rings. The lowest BCUT2D eigenvalue weighted by molar-refractivity contribution is -0.0184. The minimum absolute atomic E-state index is 0.221. The summed E-state index contributed by atoms with van der Waals surface area (Å²) >= 11 is 0. The molecular formula is C7H14O5. The number of hydrogen-bond donors (Lipinski definition) is 3. The van der Waals surface area contributed by atoms with Crippen LogP contribution >= 0.6 is 0 Å². The number of ether oxygens (including phenoxy) is 2. The maximum atomic E-state index is 9.26. The molecule has 1 aliphatic heterocycles. The molecule has 0 spiro atoms. The number of hydrogen-bond acceptors (Lipinski definition) is 5. The van der Waals surface area contributed by atoms with Gasteiger partial charge < -0.3 is 24.8 Å². The van der Waals surface area contributed by atoms with Gasteiger partial charge in [-0.15, -0.1) is 0 Å². The number of rotatable bonds is 5. The van der Waals surface area contributed by atoms with E-state index in [2.05, 4.69) is 0 Å². The van der Waals surface area contributed by atoms with Crippen LogP contribution in [0.3, 0.4) is 0 Å². The maximum Gasteiger partial charge on any atom is 0.219 e. The van der Waals surface area contributed by atoms with Crippen LogP contribution in [-0.4, -0.2) is 53.1 Å². The molecule has 3 N–H and O–H groups in total. The fourth-order valence-electron chi connectivity index (χ4n) is 1.13. The number of aliphatic hydroxyl groups excluding tert-OH is 2. The van der Waals surface area contributed by atoms with Crippen LogP contribution in [0.5, 0.6) is 0 Å². The second-order valence-corrected chi connectivity index (χ2v) is 2.72. The predicted molar refractivity (Wildman–Crippen MR) is 39.4 cm³/mol. The van der Waals surface area contributed by atoms with Crippen molar-refractivity contribution in [1.29, 1.82) is 0 Å². The molecule has 12 heavy (non-hydrogen) atoms. The van der Waals surface area contributed by atoms with Gasteiger partial charge in [-0.05, 0) is 6.92 Å². The Morgan fingerprint density at radius 3 is 2.58 bits per heavy atom. The molecule has 3 unspecified atom stereocenters. The molecule has 0 saturated carbocycles. The molecule has 72 valence electrons. The van der Waals surface area contributed by atoms with E-state index in [0.29, 0.717) is 6.61 Å². The summed E-state index contributed by atoms with van der Waals surface area (Å²) in [5.74, 6) is -1.50. The Hall–Kier alpha value is -0.200. The molecule has 0 aromatic carbocycles. The van der Waals surface area contributed by atoms with Gasteiger partial charge in [-0.1, -0.05) is 0 Å². The van der Waals surface area contributed by atoms with E-state index >= 15 is 0 Å². The molecule has 1 saturated heterocycles. The van der Waals surface area contributed by atoms with Crippen molar-refractivity contribution in [3.63, 3.8) is 0 Å². The zero-order chi connectivity index (χ0) is 9.19. The SMILES string of the molecule is CCOC(CO)C1OC1(O)CO. The summed E-state index contributed by atoms with van der Waals surface area (Å²) in [6.45, 7) is 1.53. The maximum absolute atomic E-state index is 9.26. The van der Waals surface area contributed by atoms with Gasteiger partial charge in [0.05, 0.1) is 13.2 Å². The van der Waals surface area contributed by atoms with Gasteiger partial charge in [0.1, 0.15) is 12.2 Å². The fraction of sp³-hybridized carbons (Fsp3) is 1.00. The van der Waals surface area contributed by atoms with Crippen molar-refractivity contribution in [2.45, 2.75) is 24.9 Å². The van der Waals surface area contributed by atoms with Crippen molar-refractivity contribution >= 4 is 0 Å². The molecule has 0 radical (unpaired) electrons. The topological polar surface area (TPSA) is 82.5 Å². The summed E-state index contributed by atoms with van der Waals surface area (Å²) in [6, 6.07) is 0. The van der Waals surface area contributed by atoms with Gasteiger partial charge in [0.25, 0.3) is 0 Å². The average molecular weight is 178 g/mol. The second kappa shape index (κ2) is 3.68. The first kappa shape index (κ1) is 9.88. The lowest BCUT2D eigenvalue weighted by Crippen LogP contribution is -2.32. The van der Waals surface area contributed by atoms with Gasteiger partial charge in [-0.2, -0.15) is 0 Å². The Bertz CT molecular complexity index is 149. The first-order chi connectivity index (χ1) is 5.68. The molecular weight excluding hydrogens is 164 g/mol. The standard InChI is InChI=1S/C7H14O5/c1-2-11-5(3-8)6-7(10,4-9)12-6/h5-6,8-10H,2-4H2,1H3. The highest BCUT2D eigenvalue weighted by molar-refractivity contribution is 4.97.